The first-order valence-corrected chi connectivity index (χ1v) is 13.4. The number of carbonyl (C=O) groups excluding carboxylic acids is 1. The fourth-order valence-corrected chi connectivity index (χ4v) is 6.48. The summed E-state index contributed by atoms with van der Waals surface area (Å²) in [7, 11) is -3.70. The number of rotatable bonds is 7. The Labute approximate surface area is 201 Å². The smallest absolute Gasteiger partial charge is 0.243 e. The van der Waals surface area contributed by atoms with Gasteiger partial charge in [0.1, 0.15) is 5.75 Å². The average molecular weight is 491 g/mol. The van der Waals surface area contributed by atoms with Gasteiger partial charge in [0.15, 0.2) is 0 Å². The molecule has 0 radical (unpaired) electrons. The van der Waals surface area contributed by atoms with Gasteiger partial charge in [0.2, 0.25) is 15.9 Å². The van der Waals surface area contributed by atoms with Crippen molar-refractivity contribution in [2.24, 2.45) is 5.41 Å². The van der Waals surface area contributed by atoms with Gasteiger partial charge < -0.3 is 9.64 Å². The first kappa shape index (κ1) is 24.0. The van der Waals surface area contributed by atoms with Crippen molar-refractivity contribution in [1.29, 1.82) is 0 Å². The highest BCUT2D eigenvalue weighted by molar-refractivity contribution is 7.89. The summed E-state index contributed by atoms with van der Waals surface area (Å²) in [5.41, 5.74) is -0.581. The molecule has 4 rings (SSSR count). The maximum Gasteiger partial charge on any atom is 0.243 e. The van der Waals surface area contributed by atoms with Crippen molar-refractivity contribution in [2.75, 3.05) is 32.8 Å². The molecule has 33 heavy (non-hydrogen) atoms. The largest absolute Gasteiger partial charge is 0.493 e. The minimum Gasteiger partial charge on any atom is -0.493 e. The summed E-state index contributed by atoms with van der Waals surface area (Å²) in [5.74, 6) is 0.817. The fourth-order valence-electron chi connectivity index (χ4n) is 4.77. The van der Waals surface area contributed by atoms with E-state index in [0.29, 0.717) is 24.6 Å². The topological polar surface area (TPSA) is 66.9 Å². The summed E-state index contributed by atoms with van der Waals surface area (Å²) in [5, 5.41) is 0.491. The third-order valence-electron chi connectivity index (χ3n) is 6.60. The van der Waals surface area contributed by atoms with E-state index in [1.807, 2.05) is 35.2 Å². The third kappa shape index (κ3) is 5.89. The molecule has 0 N–H and O–H groups in total. The zero-order valence-corrected chi connectivity index (χ0v) is 20.4. The Kier molecular flexibility index (Phi) is 7.62. The van der Waals surface area contributed by atoms with Crippen LogP contribution < -0.4 is 4.74 Å². The number of ether oxygens (including phenoxy) is 1. The van der Waals surface area contributed by atoms with E-state index in [-0.39, 0.29) is 23.8 Å². The maximum atomic E-state index is 13.4. The molecule has 1 atom stereocenters. The van der Waals surface area contributed by atoms with Crippen LogP contribution in [0.25, 0.3) is 0 Å². The zero-order valence-electron chi connectivity index (χ0n) is 18.8. The quantitative estimate of drug-likeness (QED) is 0.569. The van der Waals surface area contributed by atoms with Crippen LogP contribution in [0.3, 0.4) is 0 Å². The number of hydrogen-bond acceptors (Lipinski definition) is 4. The van der Waals surface area contributed by atoms with Crippen molar-refractivity contribution >= 4 is 27.5 Å². The molecule has 2 saturated heterocycles. The second-order valence-corrected chi connectivity index (χ2v) is 11.5. The Morgan fingerprint density at radius 2 is 1.64 bits per heavy atom. The fraction of sp³-hybridized carbons (Fsp3) is 0.480. The van der Waals surface area contributed by atoms with Gasteiger partial charge in [-0.2, -0.15) is 4.31 Å². The van der Waals surface area contributed by atoms with Gasteiger partial charge in [-0.3, -0.25) is 4.79 Å². The zero-order chi connectivity index (χ0) is 23.3. The van der Waals surface area contributed by atoms with Crippen molar-refractivity contribution in [3.8, 4) is 5.75 Å². The van der Waals surface area contributed by atoms with Crippen LogP contribution in [0.4, 0.5) is 0 Å². The Morgan fingerprint density at radius 3 is 2.33 bits per heavy atom. The Balaban J connectivity index is 1.57. The molecule has 0 unspecified atom stereocenters. The molecule has 178 valence electrons. The van der Waals surface area contributed by atoms with Gasteiger partial charge in [0.25, 0.3) is 0 Å². The van der Waals surface area contributed by atoms with Gasteiger partial charge in [-0.05, 0) is 68.5 Å². The number of benzene rings is 2. The highest BCUT2D eigenvalue weighted by atomic mass is 35.5. The SMILES string of the molecule is O=C(C[C@@]1(COc2ccccc2)CCCN(S(=O)(=O)c2ccc(Cl)cc2)C1)N1CCCCC1. The lowest BCUT2D eigenvalue weighted by atomic mass is 9.78. The van der Waals surface area contributed by atoms with E-state index >= 15 is 0 Å². The minimum absolute atomic E-state index is 0.0945. The van der Waals surface area contributed by atoms with Crippen molar-refractivity contribution in [2.45, 2.75) is 43.4 Å². The van der Waals surface area contributed by atoms with E-state index in [4.69, 9.17) is 16.3 Å². The van der Waals surface area contributed by atoms with Gasteiger partial charge in [0.05, 0.1) is 11.5 Å². The van der Waals surface area contributed by atoms with Crippen molar-refractivity contribution < 1.29 is 17.9 Å². The van der Waals surface area contributed by atoms with Gasteiger partial charge in [-0.1, -0.05) is 29.8 Å². The van der Waals surface area contributed by atoms with E-state index in [2.05, 4.69) is 0 Å². The first-order chi connectivity index (χ1) is 15.9. The molecule has 2 aliphatic rings. The Hall–Kier alpha value is -2.09. The number of likely N-dealkylation sites (tertiary alicyclic amines) is 1. The molecule has 0 spiro atoms. The van der Waals surface area contributed by atoms with Gasteiger partial charge in [0, 0.05) is 43.0 Å². The van der Waals surface area contributed by atoms with E-state index < -0.39 is 15.4 Å². The summed E-state index contributed by atoms with van der Waals surface area (Å²) >= 11 is 5.96. The molecule has 0 aliphatic carbocycles. The molecule has 2 heterocycles. The lowest BCUT2D eigenvalue weighted by molar-refractivity contribution is -0.136. The molecular formula is C25H31ClN2O4S. The van der Waals surface area contributed by atoms with E-state index in [1.54, 1.807) is 12.1 Å². The summed E-state index contributed by atoms with van der Waals surface area (Å²) < 4.78 is 34.4. The van der Waals surface area contributed by atoms with Crippen LogP contribution in [0.5, 0.6) is 5.75 Å². The van der Waals surface area contributed by atoms with Crippen molar-refractivity contribution in [1.82, 2.24) is 9.21 Å². The monoisotopic (exact) mass is 490 g/mol. The molecule has 0 saturated carbocycles. The van der Waals surface area contributed by atoms with Crippen LogP contribution in [0.2, 0.25) is 5.02 Å². The summed E-state index contributed by atoms with van der Waals surface area (Å²) in [6.45, 7) is 2.53. The molecule has 0 bridgehead atoms. The molecule has 2 aliphatic heterocycles. The maximum absolute atomic E-state index is 13.4. The average Bonchev–Trinajstić information content (AvgIpc) is 2.84. The third-order valence-corrected chi connectivity index (χ3v) is 8.71. The summed E-state index contributed by atoms with van der Waals surface area (Å²) in [6, 6.07) is 15.7. The van der Waals surface area contributed by atoms with E-state index in [1.165, 1.54) is 16.4 Å². The number of para-hydroxylation sites is 1. The summed E-state index contributed by atoms with van der Waals surface area (Å²) in [6.07, 6.45) is 4.91. The van der Waals surface area contributed by atoms with Crippen molar-refractivity contribution in [3.63, 3.8) is 0 Å². The lowest BCUT2D eigenvalue weighted by Crippen LogP contribution is -2.51. The predicted molar refractivity (Wildman–Crippen MR) is 129 cm³/mol. The van der Waals surface area contributed by atoms with Gasteiger partial charge >= 0.3 is 0 Å². The first-order valence-electron chi connectivity index (χ1n) is 11.6. The van der Waals surface area contributed by atoms with Crippen LogP contribution in [-0.2, 0) is 14.8 Å². The van der Waals surface area contributed by atoms with Crippen LogP contribution >= 0.6 is 11.6 Å². The molecule has 8 heteroatoms. The van der Waals surface area contributed by atoms with Crippen LogP contribution in [0.15, 0.2) is 59.5 Å². The standard InChI is InChI=1S/C25H31ClN2O4S/c26-21-10-12-23(13-11-21)33(30,31)28-17-7-14-25(19-28,20-32-22-8-3-1-4-9-22)18-24(29)27-15-5-2-6-16-27/h1,3-4,8-13H,2,5-7,14-20H2/t25-/m0/s1. The Morgan fingerprint density at radius 1 is 0.939 bits per heavy atom. The van der Waals surface area contributed by atoms with Gasteiger partial charge in [-0.15, -0.1) is 0 Å². The number of hydrogen-bond donors (Lipinski definition) is 0. The van der Waals surface area contributed by atoms with Crippen molar-refractivity contribution in [3.05, 3.63) is 59.6 Å². The lowest BCUT2D eigenvalue weighted by Gasteiger charge is -2.42. The number of sulfonamides is 1. The second-order valence-electron chi connectivity index (χ2n) is 9.12. The number of nitrogens with zero attached hydrogens (tertiary/aromatic N) is 2. The second kappa shape index (κ2) is 10.5. The van der Waals surface area contributed by atoms with E-state index in [0.717, 1.165) is 44.5 Å². The number of carbonyl (C=O) groups is 1. The number of amides is 1. The van der Waals surface area contributed by atoms with E-state index in [9.17, 15) is 13.2 Å². The molecule has 2 fully saturated rings. The Bertz CT molecular complexity index is 1040. The highest BCUT2D eigenvalue weighted by Gasteiger charge is 2.43. The minimum atomic E-state index is -3.70. The van der Waals surface area contributed by atoms with Gasteiger partial charge in [-0.25, -0.2) is 8.42 Å². The molecule has 0 aromatic heterocycles. The number of piperidine rings is 2. The molecule has 6 nitrogen and oxygen atoms in total. The van der Waals surface area contributed by atoms with Crippen LogP contribution in [0.1, 0.15) is 38.5 Å². The molecule has 1 amide bonds. The van der Waals surface area contributed by atoms with Crippen LogP contribution in [-0.4, -0.2) is 56.3 Å². The number of halogens is 1. The highest BCUT2D eigenvalue weighted by Crippen LogP contribution is 2.37. The predicted octanol–water partition coefficient (Wildman–Crippen LogP) is 4.59. The summed E-state index contributed by atoms with van der Waals surface area (Å²) in [4.78, 5) is 15.4. The van der Waals surface area contributed by atoms with Crippen LogP contribution in [0, 0.1) is 5.41 Å². The molecule has 2 aromatic carbocycles. The normalized spacial score (nSPS) is 22.2. The molecular weight excluding hydrogens is 460 g/mol. The molecule has 2 aromatic rings.